The maximum absolute atomic E-state index is 12.1. The van der Waals surface area contributed by atoms with Gasteiger partial charge in [-0.1, -0.05) is 36.4 Å². The van der Waals surface area contributed by atoms with Gasteiger partial charge in [-0.25, -0.2) is 8.42 Å². The van der Waals surface area contributed by atoms with Gasteiger partial charge < -0.3 is 5.32 Å². The van der Waals surface area contributed by atoms with Crippen LogP contribution < -0.4 is 9.62 Å². The number of amides is 1. The van der Waals surface area contributed by atoms with Crippen LogP contribution in [-0.4, -0.2) is 27.1 Å². The molecule has 25 heavy (non-hydrogen) atoms. The summed E-state index contributed by atoms with van der Waals surface area (Å²) in [4.78, 5) is 12.1. The van der Waals surface area contributed by atoms with Crippen molar-refractivity contribution >= 4 is 21.6 Å². The minimum absolute atomic E-state index is 0.104. The van der Waals surface area contributed by atoms with E-state index in [2.05, 4.69) is 5.32 Å². The first-order chi connectivity index (χ1) is 11.8. The molecule has 0 spiro atoms. The van der Waals surface area contributed by atoms with Gasteiger partial charge in [-0.15, -0.1) is 0 Å². The van der Waals surface area contributed by atoms with Crippen molar-refractivity contribution in [3.05, 3.63) is 65.2 Å². The Morgan fingerprint density at radius 1 is 1.08 bits per heavy atom. The third kappa shape index (κ3) is 5.60. The van der Waals surface area contributed by atoms with Gasteiger partial charge in [0.25, 0.3) is 0 Å². The highest BCUT2D eigenvalue weighted by Crippen LogP contribution is 2.19. The predicted octanol–water partition coefficient (Wildman–Crippen LogP) is 2.78. The van der Waals surface area contributed by atoms with Gasteiger partial charge in [0.15, 0.2) is 0 Å². The van der Waals surface area contributed by atoms with Gasteiger partial charge in [0.1, 0.15) is 0 Å². The molecule has 1 N–H and O–H groups in total. The van der Waals surface area contributed by atoms with Crippen LogP contribution in [0.15, 0.2) is 48.5 Å². The lowest BCUT2D eigenvalue weighted by Gasteiger charge is -2.22. The van der Waals surface area contributed by atoms with Crippen LogP contribution in [0.5, 0.6) is 0 Å². The molecule has 0 radical (unpaired) electrons. The molecule has 0 bridgehead atoms. The number of nitrogens with zero attached hydrogens (tertiary/aromatic N) is 1. The zero-order valence-electron chi connectivity index (χ0n) is 14.8. The summed E-state index contributed by atoms with van der Waals surface area (Å²) in [5.41, 5.74) is 3.71. The number of carbonyl (C=O) groups excluding carboxylic acids is 1. The van der Waals surface area contributed by atoms with Gasteiger partial charge in [0.2, 0.25) is 15.9 Å². The Kier molecular flexibility index (Phi) is 6.20. The van der Waals surface area contributed by atoms with E-state index < -0.39 is 10.0 Å². The number of carbonyl (C=O) groups is 1. The van der Waals surface area contributed by atoms with Crippen LogP contribution in [0.4, 0.5) is 5.69 Å². The first-order valence-corrected chi connectivity index (χ1v) is 9.98. The molecule has 134 valence electrons. The van der Waals surface area contributed by atoms with Crippen molar-refractivity contribution in [2.45, 2.75) is 26.8 Å². The molecule has 0 heterocycles. The number of anilines is 1. The van der Waals surface area contributed by atoms with Gasteiger partial charge in [-0.3, -0.25) is 9.10 Å². The first kappa shape index (κ1) is 19.0. The lowest BCUT2D eigenvalue weighted by Crippen LogP contribution is -2.34. The summed E-state index contributed by atoms with van der Waals surface area (Å²) in [6, 6.07) is 15.1. The Morgan fingerprint density at radius 2 is 1.80 bits per heavy atom. The fourth-order valence-corrected chi connectivity index (χ4v) is 3.48. The second-order valence-electron chi connectivity index (χ2n) is 6.13. The summed E-state index contributed by atoms with van der Waals surface area (Å²) >= 11 is 0. The van der Waals surface area contributed by atoms with Crippen molar-refractivity contribution in [2.24, 2.45) is 0 Å². The van der Waals surface area contributed by atoms with E-state index in [1.807, 2.05) is 44.2 Å². The molecule has 1 amide bonds. The van der Waals surface area contributed by atoms with Gasteiger partial charge in [0, 0.05) is 19.5 Å². The number of aryl methyl sites for hydroxylation is 2. The zero-order chi connectivity index (χ0) is 18.4. The van der Waals surface area contributed by atoms with E-state index in [9.17, 15) is 13.2 Å². The lowest BCUT2D eigenvalue weighted by atomic mass is 10.1. The third-order valence-corrected chi connectivity index (χ3v) is 5.16. The molecule has 0 unspecified atom stereocenters. The number of sulfonamides is 1. The Hall–Kier alpha value is -2.34. The quantitative estimate of drug-likeness (QED) is 0.826. The topological polar surface area (TPSA) is 66.5 Å². The molecule has 2 aromatic carbocycles. The molecule has 2 rings (SSSR count). The first-order valence-electron chi connectivity index (χ1n) is 8.13. The predicted molar refractivity (Wildman–Crippen MR) is 101 cm³/mol. The van der Waals surface area contributed by atoms with E-state index in [4.69, 9.17) is 0 Å². The molecule has 2 aromatic rings. The fourth-order valence-electron chi connectivity index (χ4n) is 2.56. The summed E-state index contributed by atoms with van der Waals surface area (Å²) < 4.78 is 25.4. The third-order valence-electron chi connectivity index (χ3n) is 3.97. The summed E-state index contributed by atoms with van der Waals surface area (Å²) in [7, 11) is -3.45. The highest BCUT2D eigenvalue weighted by molar-refractivity contribution is 7.92. The lowest BCUT2D eigenvalue weighted by molar-refractivity contribution is -0.121. The van der Waals surface area contributed by atoms with Gasteiger partial charge in [-0.2, -0.15) is 0 Å². The summed E-state index contributed by atoms with van der Waals surface area (Å²) in [6.07, 6.45) is 1.26. The molecule has 0 aliphatic rings. The summed E-state index contributed by atoms with van der Waals surface area (Å²) in [5.74, 6) is -0.176. The molecular formula is C19H24N2O3S. The highest BCUT2D eigenvalue weighted by atomic mass is 32.2. The van der Waals surface area contributed by atoms with E-state index in [1.54, 1.807) is 18.2 Å². The van der Waals surface area contributed by atoms with Gasteiger partial charge >= 0.3 is 0 Å². The van der Waals surface area contributed by atoms with Crippen molar-refractivity contribution in [3.8, 4) is 0 Å². The second-order valence-corrected chi connectivity index (χ2v) is 8.03. The number of hydrogen-bond donors (Lipinski definition) is 1. The molecule has 5 nitrogen and oxygen atoms in total. The van der Waals surface area contributed by atoms with Crippen molar-refractivity contribution in [1.82, 2.24) is 5.32 Å². The molecule has 0 aliphatic heterocycles. The van der Waals surface area contributed by atoms with E-state index in [-0.39, 0.29) is 18.9 Å². The SMILES string of the molecule is Cc1cccc(N(CCC(=O)NCc2ccccc2C)S(C)(=O)=O)c1. The molecule has 0 saturated carbocycles. The van der Waals surface area contributed by atoms with E-state index >= 15 is 0 Å². The maximum Gasteiger partial charge on any atom is 0.232 e. The number of benzene rings is 2. The molecule has 0 fully saturated rings. The largest absolute Gasteiger partial charge is 0.352 e. The van der Waals surface area contributed by atoms with E-state index in [0.29, 0.717) is 12.2 Å². The van der Waals surface area contributed by atoms with Crippen LogP contribution in [-0.2, 0) is 21.4 Å². The number of nitrogens with one attached hydrogen (secondary N) is 1. The maximum atomic E-state index is 12.1. The van der Waals surface area contributed by atoms with E-state index in [0.717, 1.165) is 22.9 Å². The minimum Gasteiger partial charge on any atom is -0.352 e. The highest BCUT2D eigenvalue weighted by Gasteiger charge is 2.18. The van der Waals surface area contributed by atoms with Crippen LogP contribution in [0.1, 0.15) is 23.1 Å². The molecule has 6 heteroatoms. The van der Waals surface area contributed by atoms with Crippen LogP contribution >= 0.6 is 0 Å². The monoisotopic (exact) mass is 360 g/mol. The second kappa shape index (κ2) is 8.16. The van der Waals surface area contributed by atoms with Crippen LogP contribution in [0.3, 0.4) is 0 Å². The van der Waals surface area contributed by atoms with Gasteiger partial charge in [-0.05, 0) is 42.7 Å². The van der Waals surface area contributed by atoms with E-state index in [1.165, 1.54) is 4.31 Å². The van der Waals surface area contributed by atoms with Gasteiger partial charge in [0.05, 0.1) is 11.9 Å². The Bertz CT molecular complexity index is 847. The molecule has 0 saturated heterocycles. The molecule has 0 aliphatic carbocycles. The zero-order valence-corrected chi connectivity index (χ0v) is 15.6. The van der Waals surface area contributed by atoms with Crippen molar-refractivity contribution in [1.29, 1.82) is 0 Å². The average Bonchev–Trinajstić information content (AvgIpc) is 2.53. The smallest absolute Gasteiger partial charge is 0.232 e. The summed E-state index contributed by atoms with van der Waals surface area (Å²) in [5, 5.41) is 2.85. The standard InChI is InChI=1S/C19H24N2O3S/c1-15-7-6-10-18(13-15)21(25(3,23)24)12-11-19(22)20-14-17-9-5-4-8-16(17)2/h4-10,13H,11-12,14H2,1-3H3,(H,20,22). The average molecular weight is 360 g/mol. The van der Waals surface area contributed by atoms with Crippen molar-refractivity contribution < 1.29 is 13.2 Å². The Balaban J connectivity index is 1.99. The number of rotatable bonds is 7. The minimum atomic E-state index is -3.45. The summed E-state index contributed by atoms with van der Waals surface area (Å²) in [6.45, 7) is 4.44. The Morgan fingerprint density at radius 3 is 2.44 bits per heavy atom. The molecular weight excluding hydrogens is 336 g/mol. The fraction of sp³-hybridized carbons (Fsp3) is 0.316. The normalized spacial score (nSPS) is 11.2. The van der Waals surface area contributed by atoms with Crippen molar-refractivity contribution in [2.75, 3.05) is 17.1 Å². The van der Waals surface area contributed by atoms with Crippen LogP contribution in [0, 0.1) is 13.8 Å². The van der Waals surface area contributed by atoms with Crippen LogP contribution in [0.2, 0.25) is 0 Å². The van der Waals surface area contributed by atoms with Crippen molar-refractivity contribution in [3.63, 3.8) is 0 Å². The molecule has 0 aromatic heterocycles. The van der Waals surface area contributed by atoms with Crippen LogP contribution in [0.25, 0.3) is 0 Å². The Labute approximate surface area is 149 Å². The molecule has 0 atom stereocenters. The number of hydrogen-bond acceptors (Lipinski definition) is 3.